The summed E-state index contributed by atoms with van der Waals surface area (Å²) >= 11 is 9.07. The molecule has 1 atom stereocenters. The number of nitrogens with zero attached hydrogens (tertiary/aromatic N) is 4. The number of thiophene rings is 1. The first-order chi connectivity index (χ1) is 17.5. The zero-order chi connectivity index (χ0) is 24.8. The van der Waals surface area contributed by atoms with E-state index in [0.717, 1.165) is 40.7 Å². The van der Waals surface area contributed by atoms with Crippen LogP contribution in [0.1, 0.15) is 23.8 Å². The van der Waals surface area contributed by atoms with E-state index in [2.05, 4.69) is 22.4 Å². The van der Waals surface area contributed by atoms with Gasteiger partial charge in [0, 0.05) is 15.6 Å². The van der Waals surface area contributed by atoms with Crippen molar-refractivity contribution in [2.75, 3.05) is 11.1 Å². The Morgan fingerprint density at radius 1 is 1.17 bits per heavy atom. The lowest BCUT2D eigenvalue weighted by Gasteiger charge is -2.18. The number of fused-ring (bicyclic) bond motifs is 5. The van der Waals surface area contributed by atoms with E-state index >= 15 is 0 Å². The number of nitrogens with one attached hydrogen (secondary N) is 1. The molecule has 3 aromatic heterocycles. The van der Waals surface area contributed by atoms with Gasteiger partial charge in [0.25, 0.3) is 5.56 Å². The van der Waals surface area contributed by atoms with Crippen molar-refractivity contribution in [1.82, 2.24) is 19.2 Å². The number of rotatable bonds is 5. The molecule has 6 rings (SSSR count). The molecule has 0 saturated heterocycles. The van der Waals surface area contributed by atoms with Gasteiger partial charge in [-0.15, -0.1) is 21.5 Å². The van der Waals surface area contributed by atoms with Crippen LogP contribution in [0.25, 0.3) is 21.7 Å². The number of para-hydroxylation sites is 1. The number of aromatic nitrogens is 4. The highest BCUT2D eigenvalue weighted by molar-refractivity contribution is 7.99. The number of carbonyl (C=O) groups is 1. The van der Waals surface area contributed by atoms with Crippen molar-refractivity contribution in [2.24, 2.45) is 5.92 Å². The van der Waals surface area contributed by atoms with Gasteiger partial charge in [0.15, 0.2) is 5.16 Å². The van der Waals surface area contributed by atoms with Gasteiger partial charge in [-0.25, -0.2) is 8.97 Å². The lowest BCUT2D eigenvalue weighted by atomic mass is 9.89. The fourth-order valence-electron chi connectivity index (χ4n) is 4.67. The molecule has 3 heterocycles. The van der Waals surface area contributed by atoms with E-state index in [1.54, 1.807) is 28.0 Å². The predicted molar refractivity (Wildman–Crippen MR) is 146 cm³/mol. The molecule has 0 bridgehead atoms. The van der Waals surface area contributed by atoms with Crippen LogP contribution in [0.4, 0.5) is 5.69 Å². The van der Waals surface area contributed by atoms with E-state index in [-0.39, 0.29) is 17.2 Å². The van der Waals surface area contributed by atoms with Crippen molar-refractivity contribution in [3.63, 3.8) is 0 Å². The van der Waals surface area contributed by atoms with Crippen molar-refractivity contribution < 1.29 is 4.79 Å². The largest absolute Gasteiger partial charge is 0.325 e. The first-order valence-corrected chi connectivity index (χ1v) is 13.9. The maximum atomic E-state index is 13.9. The Hall–Kier alpha value is -3.14. The fourth-order valence-corrected chi connectivity index (χ4v) is 6.92. The first kappa shape index (κ1) is 23.3. The summed E-state index contributed by atoms with van der Waals surface area (Å²) in [7, 11) is 0. The fraction of sp³-hybridized carbons (Fsp3) is 0.231. The van der Waals surface area contributed by atoms with Crippen LogP contribution in [0, 0.1) is 5.92 Å². The third-order valence-corrected chi connectivity index (χ3v) is 8.86. The standard InChI is InChI=1S/C26H22ClN5O2S2/c1-15-7-12-20-19(13-15)22-23(34)31(18-10-8-16(27)9-11-18)25-29-30-26(32(25)24(22)36-20)35-14-21(33)28-17-5-3-2-4-6-17/h2-6,8-11,15H,7,12-14H2,1H3,(H,28,33)/t15-/m0/s1. The molecule has 1 N–H and O–H groups in total. The quantitative estimate of drug-likeness (QED) is 0.296. The van der Waals surface area contributed by atoms with Crippen molar-refractivity contribution in [3.05, 3.63) is 80.4 Å². The molecule has 0 saturated carbocycles. The highest BCUT2D eigenvalue weighted by atomic mass is 35.5. The summed E-state index contributed by atoms with van der Waals surface area (Å²) in [4.78, 5) is 28.6. The molecule has 1 amide bonds. The molecule has 7 nitrogen and oxygen atoms in total. The summed E-state index contributed by atoms with van der Waals surface area (Å²) in [6.45, 7) is 2.23. The molecule has 10 heteroatoms. The minimum Gasteiger partial charge on any atom is -0.325 e. The molecule has 0 unspecified atom stereocenters. The summed E-state index contributed by atoms with van der Waals surface area (Å²) in [6, 6.07) is 16.5. The van der Waals surface area contributed by atoms with Gasteiger partial charge in [0.2, 0.25) is 11.7 Å². The minimum absolute atomic E-state index is 0.0998. The number of anilines is 1. The Balaban J connectivity index is 1.48. The predicted octanol–water partition coefficient (Wildman–Crippen LogP) is 5.60. The van der Waals surface area contributed by atoms with Crippen LogP contribution in [-0.4, -0.2) is 30.8 Å². The summed E-state index contributed by atoms with van der Waals surface area (Å²) < 4.78 is 3.53. The summed E-state index contributed by atoms with van der Waals surface area (Å²) in [5.74, 6) is 0.974. The topological polar surface area (TPSA) is 81.3 Å². The van der Waals surface area contributed by atoms with Crippen LogP contribution in [0.2, 0.25) is 5.02 Å². The second kappa shape index (κ2) is 9.38. The van der Waals surface area contributed by atoms with Crippen molar-refractivity contribution in [3.8, 4) is 5.69 Å². The van der Waals surface area contributed by atoms with E-state index in [1.807, 2.05) is 46.9 Å². The number of carbonyl (C=O) groups excluding carboxylic acids is 1. The highest BCUT2D eigenvalue weighted by Crippen LogP contribution is 2.38. The Morgan fingerprint density at radius 3 is 2.72 bits per heavy atom. The Bertz CT molecular complexity index is 1660. The van der Waals surface area contributed by atoms with Crippen LogP contribution >= 0.6 is 34.7 Å². The van der Waals surface area contributed by atoms with E-state index in [9.17, 15) is 9.59 Å². The average Bonchev–Trinajstić information content (AvgIpc) is 3.46. The molecular weight excluding hydrogens is 514 g/mol. The smallest absolute Gasteiger partial charge is 0.268 e. The molecule has 2 aromatic carbocycles. The van der Waals surface area contributed by atoms with E-state index < -0.39 is 0 Å². The molecule has 0 spiro atoms. The molecule has 182 valence electrons. The van der Waals surface area contributed by atoms with Gasteiger partial charge in [0.1, 0.15) is 4.83 Å². The number of halogens is 1. The van der Waals surface area contributed by atoms with Crippen LogP contribution < -0.4 is 10.9 Å². The normalized spacial score (nSPS) is 15.3. The van der Waals surface area contributed by atoms with Crippen molar-refractivity contribution >= 4 is 62.3 Å². The SMILES string of the molecule is C[C@H]1CCc2sc3c(c2C1)c(=O)n(-c1ccc(Cl)cc1)c1nnc(SCC(=O)Nc2ccccc2)n31. The van der Waals surface area contributed by atoms with Crippen molar-refractivity contribution in [2.45, 2.75) is 31.3 Å². The molecular formula is C26H22ClN5O2S2. The van der Waals surface area contributed by atoms with E-state index in [1.165, 1.54) is 16.6 Å². The number of hydrogen-bond acceptors (Lipinski definition) is 6. The van der Waals surface area contributed by atoms with Gasteiger partial charge in [-0.1, -0.05) is 48.5 Å². The summed E-state index contributed by atoms with van der Waals surface area (Å²) in [5.41, 5.74) is 2.45. The van der Waals surface area contributed by atoms with Crippen LogP contribution in [0.15, 0.2) is 64.5 Å². The van der Waals surface area contributed by atoms with Crippen LogP contribution in [0.5, 0.6) is 0 Å². The molecule has 0 fully saturated rings. The number of hydrogen-bond donors (Lipinski definition) is 1. The molecule has 5 aromatic rings. The third kappa shape index (κ3) is 4.11. The van der Waals surface area contributed by atoms with Crippen LogP contribution in [-0.2, 0) is 17.6 Å². The van der Waals surface area contributed by atoms with Gasteiger partial charge in [-0.3, -0.25) is 9.59 Å². The second-order valence-electron chi connectivity index (χ2n) is 8.97. The number of aryl methyl sites for hydroxylation is 1. The molecule has 1 aliphatic rings. The monoisotopic (exact) mass is 535 g/mol. The molecule has 1 aliphatic carbocycles. The molecule has 36 heavy (non-hydrogen) atoms. The zero-order valence-electron chi connectivity index (χ0n) is 19.4. The average molecular weight is 536 g/mol. The van der Waals surface area contributed by atoms with Gasteiger partial charge in [0.05, 0.1) is 16.8 Å². The Morgan fingerprint density at radius 2 is 1.94 bits per heavy atom. The lowest BCUT2D eigenvalue weighted by Crippen LogP contribution is -2.23. The zero-order valence-corrected chi connectivity index (χ0v) is 21.8. The van der Waals surface area contributed by atoms with Crippen molar-refractivity contribution in [1.29, 1.82) is 0 Å². The van der Waals surface area contributed by atoms with Gasteiger partial charge < -0.3 is 5.32 Å². The van der Waals surface area contributed by atoms with Crippen LogP contribution in [0.3, 0.4) is 0 Å². The summed E-state index contributed by atoms with van der Waals surface area (Å²) in [6.07, 6.45) is 2.94. The van der Waals surface area contributed by atoms with E-state index in [0.29, 0.717) is 27.6 Å². The summed E-state index contributed by atoms with van der Waals surface area (Å²) in [5, 5.41) is 13.6. The van der Waals surface area contributed by atoms with Gasteiger partial charge >= 0.3 is 0 Å². The second-order valence-corrected chi connectivity index (χ2v) is 11.4. The number of amides is 1. The maximum Gasteiger partial charge on any atom is 0.268 e. The number of benzene rings is 2. The lowest BCUT2D eigenvalue weighted by molar-refractivity contribution is -0.113. The minimum atomic E-state index is -0.135. The molecule has 0 radical (unpaired) electrons. The van der Waals surface area contributed by atoms with Gasteiger partial charge in [-0.2, -0.15) is 0 Å². The first-order valence-electron chi connectivity index (χ1n) is 11.7. The van der Waals surface area contributed by atoms with E-state index in [4.69, 9.17) is 11.6 Å². The highest BCUT2D eigenvalue weighted by Gasteiger charge is 2.27. The Labute approximate surface area is 220 Å². The van der Waals surface area contributed by atoms with Gasteiger partial charge in [-0.05, 0) is 67.1 Å². The third-order valence-electron chi connectivity index (χ3n) is 6.40. The Kier molecular flexibility index (Phi) is 6.07. The molecule has 0 aliphatic heterocycles. The number of thioether (sulfide) groups is 1. The maximum absolute atomic E-state index is 13.9.